The van der Waals surface area contributed by atoms with E-state index in [1.807, 2.05) is 24.3 Å². The fraction of sp³-hybridized carbons (Fsp3) is 0.333. The highest BCUT2D eigenvalue weighted by Gasteiger charge is 2.32. The molecule has 0 spiro atoms. The molecule has 5 nitrogen and oxygen atoms in total. The predicted molar refractivity (Wildman–Crippen MR) is 102 cm³/mol. The highest BCUT2D eigenvalue weighted by Crippen LogP contribution is 2.33. The van der Waals surface area contributed by atoms with E-state index >= 15 is 0 Å². The van der Waals surface area contributed by atoms with Gasteiger partial charge in [-0.15, -0.1) is 11.3 Å². The zero-order chi connectivity index (χ0) is 17.6. The number of nitrogens with one attached hydrogen (secondary N) is 1. The van der Waals surface area contributed by atoms with Gasteiger partial charge in [-0.2, -0.15) is 11.8 Å². The first kappa shape index (κ1) is 17.8. The molecule has 1 atom stereocenters. The summed E-state index contributed by atoms with van der Waals surface area (Å²) < 4.78 is 5.58. The number of thioether (sulfide) groups is 1. The Labute approximate surface area is 155 Å². The molecule has 2 heterocycles. The van der Waals surface area contributed by atoms with Crippen LogP contribution in [0.15, 0.2) is 41.8 Å². The van der Waals surface area contributed by atoms with Gasteiger partial charge in [-0.05, 0) is 30.5 Å². The van der Waals surface area contributed by atoms with E-state index in [0.29, 0.717) is 18.0 Å². The molecule has 7 heteroatoms. The third-order valence-electron chi connectivity index (χ3n) is 3.77. The summed E-state index contributed by atoms with van der Waals surface area (Å²) in [6.45, 7) is 2.30. The zero-order valence-electron chi connectivity index (χ0n) is 13.9. The zero-order valence-corrected chi connectivity index (χ0v) is 15.6. The smallest absolute Gasteiger partial charge is 0.268 e. The average molecular weight is 377 g/mol. The predicted octanol–water partition coefficient (Wildman–Crippen LogP) is 2.91. The summed E-state index contributed by atoms with van der Waals surface area (Å²) in [5.74, 6) is 2.08. The second kappa shape index (κ2) is 8.40. The van der Waals surface area contributed by atoms with Gasteiger partial charge in [-0.25, -0.2) is 0 Å². The largest absolute Gasteiger partial charge is 0.479 e. The lowest BCUT2D eigenvalue weighted by atomic mass is 10.2. The van der Waals surface area contributed by atoms with Crippen LogP contribution in [0.3, 0.4) is 0 Å². The Hall–Kier alpha value is -1.99. The Balaban J connectivity index is 1.48. The van der Waals surface area contributed by atoms with Crippen molar-refractivity contribution in [3.8, 4) is 5.75 Å². The SMILES string of the molecule is CC1Oc2ccccc2N(CC(=O)NCCSCc2cccs2)C1=O. The minimum Gasteiger partial charge on any atom is -0.479 e. The molecule has 0 saturated heterocycles. The molecule has 1 aliphatic rings. The number of thiophene rings is 1. The van der Waals surface area contributed by atoms with Crippen molar-refractivity contribution in [2.24, 2.45) is 0 Å². The molecule has 3 rings (SSSR count). The van der Waals surface area contributed by atoms with E-state index in [4.69, 9.17) is 4.74 Å². The summed E-state index contributed by atoms with van der Waals surface area (Å²) in [5.41, 5.74) is 0.646. The van der Waals surface area contributed by atoms with Crippen molar-refractivity contribution in [2.75, 3.05) is 23.7 Å². The molecule has 0 aliphatic carbocycles. The van der Waals surface area contributed by atoms with Gasteiger partial charge in [0.15, 0.2) is 6.10 Å². The van der Waals surface area contributed by atoms with E-state index in [1.165, 1.54) is 9.78 Å². The van der Waals surface area contributed by atoms with Gasteiger partial charge >= 0.3 is 0 Å². The molecule has 0 saturated carbocycles. The number of ether oxygens (including phenoxy) is 1. The van der Waals surface area contributed by atoms with Crippen LogP contribution in [0.1, 0.15) is 11.8 Å². The third-order valence-corrected chi connectivity index (χ3v) is 5.84. The number of para-hydroxylation sites is 2. The third kappa shape index (κ3) is 4.55. The van der Waals surface area contributed by atoms with E-state index in [9.17, 15) is 9.59 Å². The Morgan fingerprint density at radius 2 is 2.16 bits per heavy atom. The van der Waals surface area contributed by atoms with Gasteiger partial charge in [0.05, 0.1) is 5.69 Å². The number of anilines is 1. The molecule has 132 valence electrons. The summed E-state index contributed by atoms with van der Waals surface area (Å²) >= 11 is 3.52. The molecule has 1 aromatic heterocycles. The second-order valence-corrected chi connectivity index (χ2v) is 7.77. The molecule has 0 radical (unpaired) electrons. The maximum Gasteiger partial charge on any atom is 0.268 e. The summed E-state index contributed by atoms with van der Waals surface area (Å²) in [7, 11) is 0. The molecule has 1 unspecified atom stereocenters. The minimum atomic E-state index is -0.580. The summed E-state index contributed by atoms with van der Waals surface area (Å²) in [6.07, 6.45) is -0.580. The van der Waals surface area contributed by atoms with E-state index in [0.717, 1.165) is 11.5 Å². The van der Waals surface area contributed by atoms with Gasteiger partial charge in [-0.1, -0.05) is 18.2 Å². The van der Waals surface area contributed by atoms with E-state index in [1.54, 1.807) is 36.1 Å². The second-order valence-electron chi connectivity index (χ2n) is 5.63. The van der Waals surface area contributed by atoms with Crippen molar-refractivity contribution in [3.05, 3.63) is 46.7 Å². The van der Waals surface area contributed by atoms with E-state index in [-0.39, 0.29) is 18.4 Å². The van der Waals surface area contributed by atoms with Gasteiger partial charge in [0.1, 0.15) is 12.3 Å². The van der Waals surface area contributed by atoms with Crippen molar-refractivity contribution < 1.29 is 14.3 Å². The molecule has 1 aromatic carbocycles. The fourth-order valence-electron chi connectivity index (χ4n) is 2.55. The van der Waals surface area contributed by atoms with Gasteiger partial charge in [0, 0.05) is 22.9 Å². The Morgan fingerprint density at radius 3 is 2.96 bits per heavy atom. The van der Waals surface area contributed by atoms with Crippen LogP contribution >= 0.6 is 23.1 Å². The van der Waals surface area contributed by atoms with Crippen LogP contribution < -0.4 is 15.0 Å². The van der Waals surface area contributed by atoms with Crippen LogP contribution in [0, 0.1) is 0 Å². The number of carbonyl (C=O) groups excluding carboxylic acids is 2. The van der Waals surface area contributed by atoms with Crippen LogP contribution in [0.2, 0.25) is 0 Å². The maximum atomic E-state index is 12.3. The summed E-state index contributed by atoms with van der Waals surface area (Å²) in [4.78, 5) is 27.4. The lowest BCUT2D eigenvalue weighted by Crippen LogP contribution is -2.49. The standard InChI is InChI=1S/C18H20N2O3S2/c1-13-18(22)20(15-6-2-3-7-16(15)23-13)11-17(21)19-8-10-24-12-14-5-4-9-25-14/h2-7,9,13H,8,10-12H2,1H3,(H,19,21). The quantitative estimate of drug-likeness (QED) is 0.755. The monoisotopic (exact) mass is 376 g/mol. The lowest BCUT2D eigenvalue weighted by molar-refractivity contribution is -0.128. The Morgan fingerprint density at radius 1 is 1.32 bits per heavy atom. The molecule has 1 N–H and O–H groups in total. The number of amides is 2. The van der Waals surface area contributed by atoms with Crippen LogP contribution in [-0.2, 0) is 15.3 Å². The molecule has 2 aromatic rings. The minimum absolute atomic E-state index is 0.0130. The summed E-state index contributed by atoms with van der Waals surface area (Å²) in [6, 6.07) is 11.4. The topological polar surface area (TPSA) is 58.6 Å². The normalized spacial score (nSPS) is 16.3. The Kier molecular flexibility index (Phi) is 5.99. The molecule has 25 heavy (non-hydrogen) atoms. The number of benzene rings is 1. The first-order chi connectivity index (χ1) is 12.1. The van der Waals surface area contributed by atoms with Crippen LogP contribution in [-0.4, -0.2) is 36.8 Å². The fourth-order valence-corrected chi connectivity index (χ4v) is 4.25. The van der Waals surface area contributed by atoms with Crippen molar-refractivity contribution in [1.82, 2.24) is 5.32 Å². The molecule has 0 fully saturated rings. The van der Waals surface area contributed by atoms with Gasteiger partial charge in [0.2, 0.25) is 5.91 Å². The molecule has 1 aliphatic heterocycles. The van der Waals surface area contributed by atoms with Crippen LogP contribution in [0.4, 0.5) is 5.69 Å². The number of hydrogen-bond acceptors (Lipinski definition) is 5. The van der Waals surface area contributed by atoms with Gasteiger partial charge in [0.25, 0.3) is 5.91 Å². The number of nitrogens with zero attached hydrogens (tertiary/aromatic N) is 1. The van der Waals surface area contributed by atoms with Crippen molar-refractivity contribution >= 4 is 40.6 Å². The van der Waals surface area contributed by atoms with Crippen LogP contribution in [0.25, 0.3) is 0 Å². The van der Waals surface area contributed by atoms with Crippen LogP contribution in [0.5, 0.6) is 5.75 Å². The molecule has 0 bridgehead atoms. The number of fused-ring (bicyclic) bond motifs is 1. The van der Waals surface area contributed by atoms with Crippen molar-refractivity contribution in [3.63, 3.8) is 0 Å². The summed E-state index contributed by atoms with van der Waals surface area (Å²) in [5, 5.41) is 4.95. The van der Waals surface area contributed by atoms with E-state index in [2.05, 4.69) is 16.8 Å². The molecular weight excluding hydrogens is 356 g/mol. The first-order valence-electron chi connectivity index (χ1n) is 8.09. The highest BCUT2D eigenvalue weighted by atomic mass is 32.2. The number of carbonyl (C=O) groups is 2. The maximum absolute atomic E-state index is 12.3. The number of hydrogen-bond donors (Lipinski definition) is 1. The lowest BCUT2D eigenvalue weighted by Gasteiger charge is -2.32. The average Bonchev–Trinajstić information content (AvgIpc) is 3.12. The van der Waals surface area contributed by atoms with Crippen molar-refractivity contribution in [2.45, 2.75) is 18.8 Å². The number of rotatable bonds is 7. The highest BCUT2D eigenvalue weighted by molar-refractivity contribution is 7.98. The Bertz CT molecular complexity index is 734. The van der Waals surface area contributed by atoms with Gasteiger partial charge < -0.3 is 10.1 Å². The van der Waals surface area contributed by atoms with E-state index < -0.39 is 6.10 Å². The van der Waals surface area contributed by atoms with Gasteiger partial charge in [-0.3, -0.25) is 14.5 Å². The molecular formula is C18H20N2O3S2. The van der Waals surface area contributed by atoms with Crippen molar-refractivity contribution in [1.29, 1.82) is 0 Å². The first-order valence-corrected chi connectivity index (χ1v) is 10.1. The molecule has 2 amide bonds.